The quantitative estimate of drug-likeness (QED) is 0.915. The lowest BCUT2D eigenvalue weighted by Gasteiger charge is -2.33. The SMILES string of the molecule is CC1(C)COC(c2ncc(-c3ccc(F)cc3)[nH]2)OC1. The zero-order valence-corrected chi connectivity index (χ0v) is 11.5. The Labute approximate surface area is 116 Å². The van der Waals surface area contributed by atoms with Crippen LogP contribution < -0.4 is 0 Å². The van der Waals surface area contributed by atoms with Gasteiger partial charge in [-0.2, -0.15) is 0 Å². The number of halogens is 1. The van der Waals surface area contributed by atoms with Crippen molar-refractivity contribution in [1.82, 2.24) is 9.97 Å². The van der Waals surface area contributed by atoms with Gasteiger partial charge >= 0.3 is 0 Å². The van der Waals surface area contributed by atoms with E-state index in [0.29, 0.717) is 19.0 Å². The van der Waals surface area contributed by atoms with Crippen LogP contribution in [-0.2, 0) is 9.47 Å². The van der Waals surface area contributed by atoms with Crippen molar-refractivity contribution in [1.29, 1.82) is 0 Å². The summed E-state index contributed by atoms with van der Waals surface area (Å²) in [5.41, 5.74) is 1.72. The van der Waals surface area contributed by atoms with Gasteiger partial charge in [0.15, 0.2) is 5.82 Å². The molecule has 0 amide bonds. The number of imidazole rings is 1. The molecule has 0 atom stereocenters. The molecule has 20 heavy (non-hydrogen) atoms. The molecule has 0 radical (unpaired) electrons. The summed E-state index contributed by atoms with van der Waals surface area (Å²) in [4.78, 5) is 7.45. The minimum absolute atomic E-state index is 0.0306. The molecule has 1 fully saturated rings. The first-order valence-electron chi connectivity index (χ1n) is 6.58. The molecule has 2 heterocycles. The number of benzene rings is 1. The second kappa shape index (κ2) is 5.00. The Hall–Kier alpha value is -1.72. The molecule has 0 spiro atoms. The lowest BCUT2D eigenvalue weighted by Crippen LogP contribution is -2.34. The van der Waals surface area contributed by atoms with Crippen molar-refractivity contribution in [2.45, 2.75) is 20.1 Å². The fourth-order valence-electron chi connectivity index (χ4n) is 2.08. The molecule has 1 saturated heterocycles. The predicted molar refractivity (Wildman–Crippen MR) is 72.4 cm³/mol. The summed E-state index contributed by atoms with van der Waals surface area (Å²) >= 11 is 0. The topological polar surface area (TPSA) is 47.1 Å². The molecule has 1 aliphatic heterocycles. The average Bonchev–Trinajstić information content (AvgIpc) is 2.89. The van der Waals surface area contributed by atoms with E-state index < -0.39 is 6.29 Å². The first-order chi connectivity index (χ1) is 9.53. The third-order valence-corrected chi connectivity index (χ3v) is 3.22. The molecule has 0 saturated carbocycles. The maximum atomic E-state index is 12.9. The van der Waals surface area contributed by atoms with E-state index in [1.54, 1.807) is 18.3 Å². The van der Waals surface area contributed by atoms with Crippen molar-refractivity contribution in [2.24, 2.45) is 5.41 Å². The van der Waals surface area contributed by atoms with Crippen LogP contribution >= 0.6 is 0 Å². The van der Waals surface area contributed by atoms with Gasteiger partial charge in [0.05, 0.1) is 25.1 Å². The van der Waals surface area contributed by atoms with E-state index in [4.69, 9.17) is 9.47 Å². The van der Waals surface area contributed by atoms with Crippen molar-refractivity contribution < 1.29 is 13.9 Å². The Bertz CT molecular complexity index is 582. The highest BCUT2D eigenvalue weighted by Crippen LogP contribution is 2.30. The number of H-pyrrole nitrogens is 1. The van der Waals surface area contributed by atoms with Crippen LogP contribution in [0.4, 0.5) is 4.39 Å². The first kappa shape index (κ1) is 13.3. The number of ether oxygens (including phenoxy) is 2. The smallest absolute Gasteiger partial charge is 0.217 e. The van der Waals surface area contributed by atoms with Crippen LogP contribution in [0.25, 0.3) is 11.3 Å². The van der Waals surface area contributed by atoms with Gasteiger partial charge in [-0.15, -0.1) is 0 Å². The van der Waals surface area contributed by atoms with Crippen molar-refractivity contribution in [3.8, 4) is 11.3 Å². The molecular weight excluding hydrogens is 259 g/mol. The van der Waals surface area contributed by atoms with Gasteiger partial charge in [-0.05, 0) is 29.8 Å². The highest BCUT2D eigenvalue weighted by Gasteiger charge is 2.30. The second-order valence-corrected chi connectivity index (χ2v) is 5.81. The lowest BCUT2D eigenvalue weighted by atomic mass is 9.96. The maximum absolute atomic E-state index is 12.9. The molecule has 1 aliphatic rings. The third-order valence-electron chi connectivity index (χ3n) is 3.22. The van der Waals surface area contributed by atoms with E-state index in [1.807, 2.05) is 0 Å². The standard InChI is InChI=1S/C15H17FN2O2/c1-15(2)8-19-14(20-9-15)13-17-7-12(18-13)10-3-5-11(16)6-4-10/h3-7,14H,8-9H2,1-2H3,(H,17,18). The van der Waals surface area contributed by atoms with Crippen molar-refractivity contribution >= 4 is 0 Å². The first-order valence-corrected chi connectivity index (χ1v) is 6.58. The van der Waals surface area contributed by atoms with Crippen molar-refractivity contribution in [2.75, 3.05) is 13.2 Å². The molecule has 106 valence electrons. The maximum Gasteiger partial charge on any atom is 0.217 e. The summed E-state index contributed by atoms with van der Waals surface area (Å²) in [6.45, 7) is 5.44. The molecular formula is C15H17FN2O2. The monoisotopic (exact) mass is 276 g/mol. The summed E-state index contributed by atoms with van der Waals surface area (Å²) in [5, 5.41) is 0. The van der Waals surface area contributed by atoms with Crippen LogP contribution in [0.5, 0.6) is 0 Å². The van der Waals surface area contributed by atoms with Gasteiger partial charge in [0.1, 0.15) is 5.82 Å². The van der Waals surface area contributed by atoms with Crippen LogP contribution in [0, 0.1) is 11.2 Å². The highest BCUT2D eigenvalue weighted by atomic mass is 19.1. The summed E-state index contributed by atoms with van der Waals surface area (Å²) in [7, 11) is 0. The number of aromatic amines is 1. The van der Waals surface area contributed by atoms with E-state index in [-0.39, 0.29) is 11.2 Å². The van der Waals surface area contributed by atoms with Crippen LogP contribution in [-0.4, -0.2) is 23.2 Å². The Morgan fingerprint density at radius 3 is 2.50 bits per heavy atom. The highest BCUT2D eigenvalue weighted by molar-refractivity contribution is 5.58. The number of nitrogens with one attached hydrogen (secondary N) is 1. The van der Waals surface area contributed by atoms with Gasteiger partial charge in [0.2, 0.25) is 6.29 Å². The Morgan fingerprint density at radius 1 is 1.20 bits per heavy atom. The van der Waals surface area contributed by atoms with Crippen LogP contribution in [0.2, 0.25) is 0 Å². The van der Waals surface area contributed by atoms with Crippen LogP contribution in [0.1, 0.15) is 26.0 Å². The van der Waals surface area contributed by atoms with E-state index in [1.165, 1.54) is 12.1 Å². The number of aromatic nitrogens is 2. The van der Waals surface area contributed by atoms with Crippen molar-refractivity contribution in [3.05, 3.63) is 42.1 Å². The second-order valence-electron chi connectivity index (χ2n) is 5.81. The van der Waals surface area contributed by atoms with Gasteiger partial charge in [-0.3, -0.25) is 0 Å². The van der Waals surface area contributed by atoms with Gasteiger partial charge in [-0.25, -0.2) is 9.37 Å². The number of nitrogens with zero attached hydrogens (tertiary/aromatic N) is 1. The molecule has 3 rings (SSSR count). The molecule has 0 unspecified atom stereocenters. The third kappa shape index (κ3) is 2.73. The fraction of sp³-hybridized carbons (Fsp3) is 0.400. The predicted octanol–water partition coefficient (Wildman–Crippen LogP) is 3.29. The average molecular weight is 276 g/mol. The van der Waals surface area contributed by atoms with Gasteiger partial charge in [0, 0.05) is 5.41 Å². The van der Waals surface area contributed by atoms with Crippen LogP contribution in [0.3, 0.4) is 0 Å². The zero-order chi connectivity index (χ0) is 14.2. The van der Waals surface area contributed by atoms with Crippen LogP contribution in [0.15, 0.2) is 30.5 Å². The Balaban J connectivity index is 1.76. The summed E-state index contributed by atoms with van der Waals surface area (Å²) in [5.74, 6) is 0.384. The van der Waals surface area contributed by atoms with E-state index in [9.17, 15) is 4.39 Å². The minimum atomic E-state index is -0.461. The summed E-state index contributed by atoms with van der Waals surface area (Å²) < 4.78 is 24.2. The molecule has 1 aromatic heterocycles. The van der Waals surface area contributed by atoms with Gasteiger partial charge in [-0.1, -0.05) is 13.8 Å². The van der Waals surface area contributed by atoms with Gasteiger partial charge in [0.25, 0.3) is 0 Å². The van der Waals surface area contributed by atoms with E-state index >= 15 is 0 Å². The molecule has 5 heteroatoms. The summed E-state index contributed by atoms with van der Waals surface area (Å²) in [6.07, 6.45) is 1.24. The van der Waals surface area contributed by atoms with E-state index in [2.05, 4.69) is 23.8 Å². The normalized spacial score (nSPS) is 19.1. The molecule has 4 nitrogen and oxygen atoms in total. The van der Waals surface area contributed by atoms with E-state index in [0.717, 1.165) is 11.3 Å². The minimum Gasteiger partial charge on any atom is -0.345 e. The lowest BCUT2D eigenvalue weighted by molar-refractivity contribution is -0.229. The fourth-order valence-corrected chi connectivity index (χ4v) is 2.08. The molecule has 1 N–H and O–H groups in total. The van der Waals surface area contributed by atoms with Gasteiger partial charge < -0.3 is 14.5 Å². The number of rotatable bonds is 2. The number of hydrogen-bond donors (Lipinski definition) is 1. The molecule has 0 aliphatic carbocycles. The Morgan fingerprint density at radius 2 is 1.85 bits per heavy atom. The molecule has 0 bridgehead atoms. The zero-order valence-electron chi connectivity index (χ0n) is 11.5. The summed E-state index contributed by atoms with van der Waals surface area (Å²) in [6, 6.07) is 6.26. The van der Waals surface area contributed by atoms with Crippen molar-refractivity contribution in [3.63, 3.8) is 0 Å². The largest absolute Gasteiger partial charge is 0.345 e. The molecule has 1 aromatic carbocycles. The molecule has 2 aromatic rings. The number of hydrogen-bond acceptors (Lipinski definition) is 3. The Kier molecular flexibility index (Phi) is 3.31.